The van der Waals surface area contributed by atoms with Gasteiger partial charge < -0.3 is 10.4 Å². The first-order valence-electron chi connectivity index (χ1n) is 8.06. The summed E-state index contributed by atoms with van der Waals surface area (Å²) in [5.41, 5.74) is 1.46. The molecule has 1 aromatic carbocycles. The second-order valence-electron chi connectivity index (χ2n) is 6.73. The van der Waals surface area contributed by atoms with E-state index in [9.17, 15) is 5.11 Å². The summed E-state index contributed by atoms with van der Waals surface area (Å²) in [4.78, 5) is 0. The molecule has 1 aliphatic rings. The van der Waals surface area contributed by atoms with Gasteiger partial charge in [0, 0.05) is 24.6 Å². The Balaban J connectivity index is 2.02. The second kappa shape index (κ2) is 7.24. The fraction of sp³-hybridized carbons (Fsp3) is 0.667. The van der Waals surface area contributed by atoms with Crippen molar-refractivity contribution >= 4 is 0 Å². The lowest BCUT2D eigenvalue weighted by molar-refractivity contribution is 0.0763. The molecular formula is C18H29NO. The third-order valence-corrected chi connectivity index (χ3v) is 4.77. The number of hydrogen-bond acceptors (Lipinski definition) is 2. The summed E-state index contributed by atoms with van der Waals surface area (Å²) in [6.45, 7) is 5.77. The van der Waals surface area contributed by atoms with Crippen LogP contribution in [-0.2, 0) is 0 Å². The highest BCUT2D eigenvalue weighted by Gasteiger charge is 2.32. The number of aliphatic hydroxyl groups is 1. The van der Waals surface area contributed by atoms with Gasteiger partial charge in [0.1, 0.15) is 0 Å². The van der Waals surface area contributed by atoms with E-state index in [0.717, 1.165) is 19.4 Å². The summed E-state index contributed by atoms with van der Waals surface area (Å²) in [6, 6.07) is 11.1. The molecule has 2 nitrogen and oxygen atoms in total. The van der Waals surface area contributed by atoms with Crippen LogP contribution in [0.2, 0.25) is 0 Å². The lowest BCUT2D eigenvalue weighted by Gasteiger charge is -2.38. The van der Waals surface area contributed by atoms with Gasteiger partial charge in [-0.1, -0.05) is 63.4 Å². The summed E-state index contributed by atoms with van der Waals surface area (Å²) >= 11 is 0. The van der Waals surface area contributed by atoms with E-state index in [0.29, 0.717) is 18.6 Å². The summed E-state index contributed by atoms with van der Waals surface area (Å²) in [5.74, 6) is 0.553. The third kappa shape index (κ3) is 3.83. The second-order valence-corrected chi connectivity index (χ2v) is 6.73. The Kier molecular flexibility index (Phi) is 5.62. The molecule has 1 atom stereocenters. The Morgan fingerprint density at radius 1 is 1.10 bits per heavy atom. The van der Waals surface area contributed by atoms with Crippen LogP contribution in [0.5, 0.6) is 0 Å². The maximum absolute atomic E-state index is 9.82. The average Bonchev–Trinajstić information content (AvgIpc) is 2.49. The number of rotatable bonds is 6. The molecule has 1 aliphatic carbocycles. The topological polar surface area (TPSA) is 32.3 Å². The van der Waals surface area contributed by atoms with E-state index in [1.54, 1.807) is 0 Å². The van der Waals surface area contributed by atoms with Crippen molar-refractivity contribution in [3.8, 4) is 0 Å². The van der Waals surface area contributed by atoms with Gasteiger partial charge in [-0.3, -0.25) is 0 Å². The van der Waals surface area contributed by atoms with E-state index in [1.165, 1.54) is 24.8 Å². The number of aliphatic hydroxyl groups excluding tert-OH is 1. The monoisotopic (exact) mass is 275 g/mol. The predicted octanol–water partition coefficient (Wildman–Crippen LogP) is 3.92. The van der Waals surface area contributed by atoms with E-state index in [1.807, 2.05) is 0 Å². The van der Waals surface area contributed by atoms with Crippen LogP contribution in [-0.4, -0.2) is 18.3 Å². The molecule has 1 aromatic rings. The highest BCUT2D eigenvalue weighted by atomic mass is 16.3. The molecule has 2 N–H and O–H groups in total. The molecule has 2 rings (SSSR count). The molecule has 0 spiro atoms. The fourth-order valence-corrected chi connectivity index (χ4v) is 3.42. The van der Waals surface area contributed by atoms with Gasteiger partial charge >= 0.3 is 0 Å². The van der Waals surface area contributed by atoms with Crippen molar-refractivity contribution in [1.82, 2.24) is 5.32 Å². The molecule has 2 heteroatoms. The molecule has 0 amide bonds. The van der Waals surface area contributed by atoms with Gasteiger partial charge in [0.05, 0.1) is 0 Å². The van der Waals surface area contributed by atoms with E-state index in [-0.39, 0.29) is 5.41 Å². The molecule has 0 aromatic heterocycles. The zero-order valence-corrected chi connectivity index (χ0v) is 12.9. The van der Waals surface area contributed by atoms with Crippen molar-refractivity contribution in [3.05, 3.63) is 35.9 Å². The van der Waals surface area contributed by atoms with Crippen LogP contribution >= 0.6 is 0 Å². The number of benzene rings is 1. The minimum Gasteiger partial charge on any atom is -0.396 e. The Bertz CT molecular complexity index is 382. The Hall–Kier alpha value is -0.860. The summed E-state index contributed by atoms with van der Waals surface area (Å²) in [5, 5.41) is 13.6. The maximum Gasteiger partial charge on any atom is 0.0499 e. The molecule has 1 saturated carbocycles. The first-order chi connectivity index (χ1) is 9.67. The molecule has 112 valence electrons. The number of nitrogens with one attached hydrogen (secondary N) is 1. The van der Waals surface area contributed by atoms with Gasteiger partial charge in [-0.25, -0.2) is 0 Å². The minimum absolute atomic E-state index is 0.111. The zero-order valence-electron chi connectivity index (χ0n) is 12.9. The highest BCUT2D eigenvalue weighted by Crippen LogP contribution is 2.36. The molecule has 1 fully saturated rings. The Morgan fingerprint density at radius 2 is 1.75 bits per heavy atom. The van der Waals surface area contributed by atoms with E-state index >= 15 is 0 Å². The van der Waals surface area contributed by atoms with Crippen LogP contribution in [0.3, 0.4) is 0 Å². The molecule has 0 bridgehead atoms. The SMILES string of the molecule is CC(C)C(NCC1(CO)CCCCC1)c1ccccc1. The fourth-order valence-electron chi connectivity index (χ4n) is 3.42. The summed E-state index contributed by atoms with van der Waals surface area (Å²) in [6.07, 6.45) is 6.18. The Labute approximate surface area is 123 Å². The van der Waals surface area contributed by atoms with E-state index in [4.69, 9.17) is 0 Å². The normalized spacial score (nSPS) is 20.0. The Morgan fingerprint density at radius 3 is 2.30 bits per heavy atom. The van der Waals surface area contributed by atoms with Gasteiger partial charge in [0.2, 0.25) is 0 Å². The van der Waals surface area contributed by atoms with Crippen molar-refractivity contribution in [2.75, 3.05) is 13.2 Å². The quantitative estimate of drug-likeness (QED) is 0.825. The van der Waals surface area contributed by atoms with Crippen molar-refractivity contribution in [3.63, 3.8) is 0 Å². The van der Waals surface area contributed by atoms with Gasteiger partial charge in [0.25, 0.3) is 0 Å². The first-order valence-corrected chi connectivity index (χ1v) is 8.06. The van der Waals surface area contributed by atoms with Crippen LogP contribution in [0.15, 0.2) is 30.3 Å². The summed E-state index contributed by atoms with van der Waals surface area (Å²) in [7, 11) is 0. The van der Waals surface area contributed by atoms with Gasteiger partial charge in [-0.2, -0.15) is 0 Å². The van der Waals surface area contributed by atoms with Crippen molar-refractivity contribution in [2.45, 2.75) is 52.0 Å². The first kappa shape index (κ1) is 15.5. The van der Waals surface area contributed by atoms with Crippen LogP contribution in [0.1, 0.15) is 57.6 Å². The van der Waals surface area contributed by atoms with Gasteiger partial charge in [-0.15, -0.1) is 0 Å². The lowest BCUT2D eigenvalue weighted by Crippen LogP contribution is -2.41. The zero-order chi connectivity index (χ0) is 14.4. The maximum atomic E-state index is 9.82. The minimum atomic E-state index is 0.111. The van der Waals surface area contributed by atoms with E-state index in [2.05, 4.69) is 49.5 Å². The largest absolute Gasteiger partial charge is 0.396 e. The third-order valence-electron chi connectivity index (χ3n) is 4.77. The van der Waals surface area contributed by atoms with Crippen LogP contribution in [0.4, 0.5) is 0 Å². The van der Waals surface area contributed by atoms with Crippen LogP contribution in [0.25, 0.3) is 0 Å². The smallest absolute Gasteiger partial charge is 0.0499 e. The molecule has 0 aliphatic heterocycles. The highest BCUT2D eigenvalue weighted by molar-refractivity contribution is 5.19. The molecule has 1 unspecified atom stereocenters. The van der Waals surface area contributed by atoms with Gasteiger partial charge in [-0.05, 0) is 24.3 Å². The summed E-state index contributed by atoms with van der Waals surface area (Å²) < 4.78 is 0. The molecule has 20 heavy (non-hydrogen) atoms. The average molecular weight is 275 g/mol. The van der Waals surface area contributed by atoms with Crippen LogP contribution < -0.4 is 5.32 Å². The molecular weight excluding hydrogens is 246 g/mol. The number of hydrogen-bond donors (Lipinski definition) is 2. The van der Waals surface area contributed by atoms with Gasteiger partial charge in [0.15, 0.2) is 0 Å². The van der Waals surface area contributed by atoms with Crippen molar-refractivity contribution in [2.24, 2.45) is 11.3 Å². The van der Waals surface area contributed by atoms with E-state index < -0.39 is 0 Å². The predicted molar refractivity (Wildman–Crippen MR) is 84.6 cm³/mol. The standard InChI is InChI=1S/C18H29NO/c1-15(2)17(16-9-5-3-6-10-16)19-13-18(14-20)11-7-4-8-12-18/h3,5-6,9-10,15,17,19-20H,4,7-8,11-14H2,1-2H3. The van der Waals surface area contributed by atoms with Crippen molar-refractivity contribution in [1.29, 1.82) is 0 Å². The lowest BCUT2D eigenvalue weighted by atomic mass is 9.74. The molecule has 0 radical (unpaired) electrons. The molecule has 0 heterocycles. The van der Waals surface area contributed by atoms with Crippen molar-refractivity contribution < 1.29 is 5.11 Å². The van der Waals surface area contributed by atoms with Crippen LogP contribution in [0, 0.1) is 11.3 Å². The molecule has 0 saturated heterocycles.